The van der Waals surface area contributed by atoms with Crippen LogP contribution in [0.25, 0.3) is 0 Å². The highest BCUT2D eigenvalue weighted by Gasteiger charge is 2.31. The molecule has 0 saturated heterocycles. The van der Waals surface area contributed by atoms with Gasteiger partial charge in [-0.15, -0.1) is 11.3 Å². The molecule has 0 aliphatic heterocycles. The van der Waals surface area contributed by atoms with Gasteiger partial charge in [0.1, 0.15) is 9.88 Å². The molecule has 0 bridgehead atoms. The smallest absolute Gasteiger partial charge is 0.149 e. The number of aromatic nitrogens is 1. The van der Waals surface area contributed by atoms with E-state index in [2.05, 4.69) is 16.4 Å². The van der Waals surface area contributed by atoms with Crippen LogP contribution in [-0.2, 0) is 0 Å². The largest absolute Gasteiger partial charge is 0.297 e. The molecule has 1 aliphatic rings. The van der Waals surface area contributed by atoms with Gasteiger partial charge >= 0.3 is 0 Å². The number of nitrogens with zero attached hydrogens (tertiary/aromatic N) is 2. The van der Waals surface area contributed by atoms with E-state index in [1.807, 2.05) is 30.3 Å². The Morgan fingerprint density at radius 1 is 1.61 bits per heavy atom. The van der Waals surface area contributed by atoms with E-state index in [9.17, 15) is 5.26 Å². The van der Waals surface area contributed by atoms with E-state index < -0.39 is 0 Å². The second-order valence-electron chi connectivity index (χ2n) is 4.97. The van der Waals surface area contributed by atoms with Crippen molar-refractivity contribution in [3.63, 3.8) is 0 Å². The number of rotatable bonds is 8. The predicted octanol–water partition coefficient (Wildman–Crippen LogP) is 3.44. The van der Waals surface area contributed by atoms with Gasteiger partial charge in [-0.05, 0) is 39.0 Å². The van der Waals surface area contributed by atoms with E-state index in [1.165, 1.54) is 12.8 Å². The standard InChI is InChI=1S/C13H19N3S2/c1-13(10-14,16-11-4-5-11)6-2-3-8-17-12-15-7-9-18-12/h7,9,11,16H,2-6,8H2,1H3. The normalized spacial score (nSPS) is 18.2. The van der Waals surface area contributed by atoms with Crippen LogP contribution in [0.2, 0.25) is 0 Å². The average molecular weight is 281 g/mol. The SMILES string of the molecule is CC(C#N)(CCCCSc1nccs1)NC1CC1. The zero-order valence-electron chi connectivity index (χ0n) is 10.7. The van der Waals surface area contributed by atoms with E-state index in [4.69, 9.17) is 0 Å². The zero-order valence-corrected chi connectivity index (χ0v) is 12.3. The molecule has 0 aromatic carbocycles. The van der Waals surface area contributed by atoms with Crippen LogP contribution in [0, 0.1) is 11.3 Å². The topological polar surface area (TPSA) is 48.7 Å². The van der Waals surface area contributed by atoms with Gasteiger partial charge in [-0.2, -0.15) is 5.26 Å². The van der Waals surface area contributed by atoms with E-state index in [1.54, 1.807) is 11.3 Å². The van der Waals surface area contributed by atoms with Gasteiger partial charge in [0, 0.05) is 23.4 Å². The Balaban J connectivity index is 1.60. The molecule has 1 saturated carbocycles. The maximum atomic E-state index is 9.24. The summed E-state index contributed by atoms with van der Waals surface area (Å²) in [5.41, 5.74) is -0.326. The van der Waals surface area contributed by atoms with Crippen molar-refractivity contribution in [3.05, 3.63) is 11.6 Å². The molecule has 1 aromatic rings. The van der Waals surface area contributed by atoms with Crippen molar-refractivity contribution >= 4 is 23.1 Å². The van der Waals surface area contributed by atoms with Crippen LogP contribution in [0.5, 0.6) is 0 Å². The molecule has 0 amide bonds. The van der Waals surface area contributed by atoms with E-state index in [0.29, 0.717) is 6.04 Å². The van der Waals surface area contributed by atoms with Crippen LogP contribution in [0.4, 0.5) is 0 Å². The molecule has 2 rings (SSSR count). The second kappa shape index (κ2) is 6.55. The number of thiazole rings is 1. The van der Waals surface area contributed by atoms with Crippen molar-refractivity contribution in [2.24, 2.45) is 0 Å². The van der Waals surface area contributed by atoms with Crippen LogP contribution in [0.1, 0.15) is 39.0 Å². The monoisotopic (exact) mass is 281 g/mol. The summed E-state index contributed by atoms with van der Waals surface area (Å²) in [6.07, 6.45) is 7.50. The molecular formula is C13H19N3S2. The van der Waals surface area contributed by atoms with Gasteiger partial charge in [0.25, 0.3) is 0 Å². The highest BCUT2D eigenvalue weighted by Crippen LogP contribution is 2.26. The summed E-state index contributed by atoms with van der Waals surface area (Å²) < 4.78 is 1.15. The van der Waals surface area contributed by atoms with Crippen LogP contribution in [-0.4, -0.2) is 22.3 Å². The number of hydrogen-bond acceptors (Lipinski definition) is 5. The molecule has 1 aromatic heterocycles. The lowest BCUT2D eigenvalue weighted by atomic mass is 9.96. The van der Waals surface area contributed by atoms with Gasteiger partial charge in [-0.25, -0.2) is 4.98 Å². The number of nitrogens with one attached hydrogen (secondary N) is 1. The quantitative estimate of drug-likeness (QED) is 0.586. The maximum Gasteiger partial charge on any atom is 0.149 e. The first kappa shape index (κ1) is 13.9. The highest BCUT2D eigenvalue weighted by molar-refractivity contribution is 8.00. The molecule has 1 N–H and O–H groups in total. The van der Waals surface area contributed by atoms with Gasteiger partial charge in [-0.1, -0.05) is 11.8 Å². The molecule has 1 atom stereocenters. The van der Waals surface area contributed by atoms with Crippen LogP contribution in [0.3, 0.4) is 0 Å². The van der Waals surface area contributed by atoms with Gasteiger partial charge in [-0.3, -0.25) is 5.32 Å². The lowest BCUT2D eigenvalue weighted by molar-refractivity contribution is 0.402. The first-order valence-corrected chi connectivity index (χ1v) is 8.30. The Kier molecular flexibility index (Phi) is 5.04. The van der Waals surface area contributed by atoms with Crippen molar-refractivity contribution in [1.29, 1.82) is 5.26 Å². The Morgan fingerprint density at radius 2 is 2.44 bits per heavy atom. The molecule has 1 aliphatic carbocycles. The van der Waals surface area contributed by atoms with Crippen molar-refractivity contribution in [2.45, 2.75) is 54.9 Å². The first-order valence-electron chi connectivity index (χ1n) is 6.43. The average Bonchev–Trinajstić information content (AvgIpc) is 3.01. The fourth-order valence-electron chi connectivity index (χ4n) is 1.86. The molecule has 1 heterocycles. The highest BCUT2D eigenvalue weighted by atomic mass is 32.2. The lowest BCUT2D eigenvalue weighted by Crippen LogP contribution is -2.42. The van der Waals surface area contributed by atoms with Crippen molar-refractivity contribution in [1.82, 2.24) is 10.3 Å². The third kappa shape index (κ3) is 4.60. The minimum Gasteiger partial charge on any atom is -0.297 e. The summed E-state index contributed by atoms with van der Waals surface area (Å²) in [6, 6.07) is 3.02. The molecule has 98 valence electrons. The molecule has 1 unspecified atom stereocenters. The number of nitriles is 1. The number of hydrogen-bond donors (Lipinski definition) is 1. The minimum absolute atomic E-state index is 0.326. The van der Waals surface area contributed by atoms with E-state index in [0.717, 1.165) is 29.4 Å². The Labute approximate surface area is 117 Å². The molecule has 3 nitrogen and oxygen atoms in total. The van der Waals surface area contributed by atoms with Gasteiger partial charge in [0.2, 0.25) is 0 Å². The Hall–Kier alpha value is -0.570. The lowest BCUT2D eigenvalue weighted by Gasteiger charge is -2.23. The van der Waals surface area contributed by atoms with Crippen LogP contribution in [0.15, 0.2) is 15.9 Å². The summed E-state index contributed by atoms with van der Waals surface area (Å²) in [5.74, 6) is 1.10. The van der Waals surface area contributed by atoms with Crippen molar-refractivity contribution < 1.29 is 0 Å². The summed E-state index contributed by atoms with van der Waals surface area (Å²) >= 11 is 3.51. The Bertz CT molecular complexity index is 395. The van der Waals surface area contributed by atoms with E-state index >= 15 is 0 Å². The third-order valence-corrected chi connectivity index (χ3v) is 5.11. The first-order chi connectivity index (χ1) is 8.72. The number of thioether (sulfide) groups is 1. The van der Waals surface area contributed by atoms with Gasteiger partial charge in [0.15, 0.2) is 0 Å². The second-order valence-corrected chi connectivity index (χ2v) is 7.20. The van der Waals surface area contributed by atoms with Crippen molar-refractivity contribution in [2.75, 3.05) is 5.75 Å². The van der Waals surface area contributed by atoms with Crippen LogP contribution >= 0.6 is 23.1 Å². The van der Waals surface area contributed by atoms with Crippen molar-refractivity contribution in [3.8, 4) is 6.07 Å². The van der Waals surface area contributed by atoms with Gasteiger partial charge < -0.3 is 0 Å². The zero-order chi connectivity index (χ0) is 12.8. The fourth-order valence-corrected chi connectivity index (χ4v) is 3.57. The predicted molar refractivity (Wildman–Crippen MR) is 76.9 cm³/mol. The summed E-state index contributed by atoms with van der Waals surface area (Å²) in [7, 11) is 0. The third-order valence-electron chi connectivity index (χ3n) is 3.05. The molecule has 18 heavy (non-hydrogen) atoms. The summed E-state index contributed by atoms with van der Waals surface area (Å²) in [4.78, 5) is 4.24. The molecule has 0 spiro atoms. The molecule has 5 heteroatoms. The molecule has 1 fully saturated rings. The fraction of sp³-hybridized carbons (Fsp3) is 0.692. The maximum absolute atomic E-state index is 9.24. The summed E-state index contributed by atoms with van der Waals surface area (Å²) in [6.45, 7) is 2.03. The molecular weight excluding hydrogens is 262 g/mol. The van der Waals surface area contributed by atoms with Crippen LogP contribution < -0.4 is 5.32 Å². The van der Waals surface area contributed by atoms with E-state index in [-0.39, 0.29) is 5.54 Å². The summed E-state index contributed by atoms with van der Waals surface area (Å²) in [5, 5.41) is 14.7. The Morgan fingerprint density at radius 3 is 3.06 bits per heavy atom. The molecule has 0 radical (unpaired) electrons. The minimum atomic E-state index is -0.326. The number of unbranched alkanes of at least 4 members (excludes halogenated alkanes) is 1. The van der Waals surface area contributed by atoms with Gasteiger partial charge in [0.05, 0.1) is 6.07 Å².